The lowest BCUT2D eigenvalue weighted by atomic mass is 10.3. The predicted molar refractivity (Wildman–Crippen MR) is 135 cm³/mol. The Bertz CT molecular complexity index is 1690. The van der Waals surface area contributed by atoms with E-state index in [0.29, 0.717) is 35.9 Å². The van der Waals surface area contributed by atoms with E-state index in [1.807, 2.05) is 0 Å². The minimum Gasteiger partial charge on any atom is -0.464 e. The molecule has 188 valence electrons. The number of hydrogen-bond donors (Lipinski definition) is 0. The zero-order chi connectivity index (χ0) is 25.2. The minimum absolute atomic E-state index is 0.0766. The van der Waals surface area contributed by atoms with Gasteiger partial charge in [0.1, 0.15) is 11.2 Å². The van der Waals surface area contributed by atoms with Gasteiger partial charge in [0.2, 0.25) is 10.0 Å². The monoisotopic (exact) mass is 527 g/mol. The molecule has 0 saturated heterocycles. The molecule has 3 heterocycles. The molecule has 0 saturated carbocycles. The maximum atomic E-state index is 13.5. The van der Waals surface area contributed by atoms with Gasteiger partial charge in [0.25, 0.3) is 0 Å². The van der Waals surface area contributed by atoms with Crippen LogP contribution in [-0.2, 0) is 26.4 Å². The molecule has 36 heavy (non-hydrogen) atoms. The molecule has 0 N–H and O–H groups in total. The molecule has 0 unspecified atom stereocenters. The third kappa shape index (κ3) is 5.08. The molecule has 0 amide bonds. The number of sulfonamides is 1. The molecule has 2 aromatic carbocycles. The van der Waals surface area contributed by atoms with Crippen LogP contribution in [0, 0.1) is 0 Å². The largest absolute Gasteiger partial charge is 0.464 e. The van der Waals surface area contributed by atoms with Crippen molar-refractivity contribution in [1.82, 2.24) is 13.9 Å². The number of hydrogen-bond acceptors (Lipinski definition) is 7. The fraction of sp³-hybridized carbons (Fsp3) is 0.240. The first-order chi connectivity index (χ1) is 17.3. The van der Waals surface area contributed by atoms with Gasteiger partial charge in [-0.05, 0) is 61.4 Å². The number of nitrogens with zero attached hydrogens (tertiary/aromatic N) is 3. The van der Waals surface area contributed by atoms with Gasteiger partial charge in [-0.3, -0.25) is 0 Å². The Morgan fingerprint density at radius 2 is 1.47 bits per heavy atom. The topological polar surface area (TPSA) is 116 Å². The average molecular weight is 528 g/mol. The number of aromatic nitrogens is 2. The normalized spacial score (nSPS) is 12.7. The van der Waals surface area contributed by atoms with Crippen LogP contribution in [0.4, 0.5) is 0 Å². The van der Waals surface area contributed by atoms with Crippen LogP contribution in [0.2, 0.25) is 0 Å². The van der Waals surface area contributed by atoms with Crippen molar-refractivity contribution in [1.29, 1.82) is 0 Å². The van der Waals surface area contributed by atoms with Crippen LogP contribution in [0.25, 0.3) is 21.9 Å². The van der Waals surface area contributed by atoms with E-state index in [-0.39, 0.29) is 28.6 Å². The van der Waals surface area contributed by atoms with Crippen LogP contribution < -0.4 is 0 Å². The van der Waals surface area contributed by atoms with Crippen molar-refractivity contribution < 1.29 is 25.7 Å². The van der Waals surface area contributed by atoms with E-state index in [2.05, 4.69) is 4.98 Å². The molecule has 0 fully saturated rings. The van der Waals surface area contributed by atoms with E-state index in [9.17, 15) is 16.8 Å². The molecule has 0 atom stereocenters. The first-order valence-corrected chi connectivity index (χ1v) is 14.6. The first-order valence-electron chi connectivity index (χ1n) is 11.5. The van der Waals surface area contributed by atoms with Crippen molar-refractivity contribution >= 4 is 41.8 Å². The highest BCUT2D eigenvalue weighted by atomic mass is 32.2. The Morgan fingerprint density at radius 3 is 2.14 bits per heavy atom. The van der Waals surface area contributed by atoms with E-state index in [1.165, 1.54) is 29.0 Å². The average Bonchev–Trinajstić information content (AvgIpc) is 3.64. The molecule has 0 aliphatic rings. The molecular weight excluding hydrogens is 502 g/mol. The zero-order valence-electron chi connectivity index (χ0n) is 19.4. The van der Waals surface area contributed by atoms with Gasteiger partial charge in [0, 0.05) is 42.8 Å². The number of benzene rings is 2. The van der Waals surface area contributed by atoms with Crippen molar-refractivity contribution in [2.75, 3.05) is 18.8 Å². The quantitative estimate of drug-likeness (QED) is 0.235. The van der Waals surface area contributed by atoms with Crippen LogP contribution in [-0.4, -0.2) is 49.5 Å². The summed E-state index contributed by atoms with van der Waals surface area (Å²) >= 11 is 0. The summed E-state index contributed by atoms with van der Waals surface area (Å²) in [6, 6.07) is 13.0. The van der Waals surface area contributed by atoms with E-state index in [4.69, 9.17) is 8.83 Å². The van der Waals surface area contributed by atoms with Crippen molar-refractivity contribution in [3.05, 3.63) is 79.8 Å². The maximum absolute atomic E-state index is 13.5. The van der Waals surface area contributed by atoms with Gasteiger partial charge in [-0.15, -0.1) is 0 Å². The number of sulfone groups is 1. The van der Waals surface area contributed by atoms with Crippen LogP contribution in [0.15, 0.2) is 98.4 Å². The van der Waals surface area contributed by atoms with Crippen LogP contribution in [0.3, 0.4) is 0 Å². The molecule has 0 aliphatic heterocycles. The lowest BCUT2D eigenvalue weighted by Gasteiger charge is -2.22. The van der Waals surface area contributed by atoms with E-state index in [0.717, 1.165) is 5.39 Å². The van der Waals surface area contributed by atoms with Crippen molar-refractivity contribution in [3.8, 4) is 0 Å². The van der Waals surface area contributed by atoms with Gasteiger partial charge in [-0.25, -0.2) is 21.8 Å². The second-order valence-corrected chi connectivity index (χ2v) is 12.5. The number of fused-ring (bicyclic) bond motifs is 2. The summed E-state index contributed by atoms with van der Waals surface area (Å²) < 4.78 is 66.6. The Kier molecular flexibility index (Phi) is 6.69. The SMILES string of the molecule is O=S(=O)(CCCCN(CCn1ccnc1)S(=O)(=O)c1ccc2occc2c1)c1ccc2occc2c1. The minimum atomic E-state index is -3.81. The number of furan rings is 2. The van der Waals surface area contributed by atoms with Crippen molar-refractivity contribution in [3.63, 3.8) is 0 Å². The molecule has 9 nitrogen and oxygen atoms in total. The van der Waals surface area contributed by atoms with Crippen molar-refractivity contribution in [2.45, 2.75) is 29.2 Å². The lowest BCUT2D eigenvalue weighted by molar-refractivity contribution is 0.385. The summed E-state index contributed by atoms with van der Waals surface area (Å²) in [7, 11) is -7.32. The molecule has 0 bridgehead atoms. The van der Waals surface area contributed by atoms with Gasteiger partial charge in [-0.1, -0.05) is 0 Å². The smallest absolute Gasteiger partial charge is 0.243 e. The molecule has 0 radical (unpaired) electrons. The first kappa shape index (κ1) is 24.3. The molecule has 0 spiro atoms. The highest BCUT2D eigenvalue weighted by molar-refractivity contribution is 7.91. The van der Waals surface area contributed by atoms with E-state index in [1.54, 1.807) is 59.7 Å². The fourth-order valence-corrected chi connectivity index (χ4v) is 7.00. The fourth-order valence-electron chi connectivity index (χ4n) is 4.09. The van der Waals surface area contributed by atoms with E-state index < -0.39 is 19.9 Å². The molecular formula is C25H25N3O6S2. The Balaban J connectivity index is 1.28. The molecule has 5 rings (SSSR count). The third-order valence-corrected chi connectivity index (χ3v) is 9.77. The van der Waals surface area contributed by atoms with Gasteiger partial charge in [0.15, 0.2) is 9.84 Å². The summed E-state index contributed by atoms with van der Waals surface area (Å²) in [5, 5.41) is 1.42. The van der Waals surface area contributed by atoms with Gasteiger partial charge >= 0.3 is 0 Å². The maximum Gasteiger partial charge on any atom is 0.243 e. The number of imidazole rings is 1. The van der Waals surface area contributed by atoms with Crippen LogP contribution >= 0.6 is 0 Å². The molecule has 0 aliphatic carbocycles. The van der Waals surface area contributed by atoms with Gasteiger partial charge in [0.05, 0.1) is 34.4 Å². The number of rotatable bonds is 11. The summed E-state index contributed by atoms with van der Waals surface area (Å²) in [6.07, 6.45) is 8.79. The van der Waals surface area contributed by atoms with Crippen LogP contribution in [0.5, 0.6) is 0 Å². The second-order valence-electron chi connectivity index (χ2n) is 8.47. The predicted octanol–water partition coefficient (Wildman–Crippen LogP) is 4.32. The Hall–Kier alpha value is -3.41. The Morgan fingerprint density at radius 1 is 0.806 bits per heavy atom. The summed E-state index contributed by atoms with van der Waals surface area (Å²) in [5.41, 5.74) is 1.24. The summed E-state index contributed by atoms with van der Waals surface area (Å²) in [5.74, 6) is -0.0766. The zero-order valence-corrected chi connectivity index (χ0v) is 21.0. The van der Waals surface area contributed by atoms with Crippen molar-refractivity contribution in [2.24, 2.45) is 0 Å². The second kappa shape index (κ2) is 9.92. The standard InChI is InChI=1S/C25H25N3O6S2/c29-35(30,22-3-5-24-20(17-22)7-14-33-24)16-2-1-10-28(13-12-27-11-9-26-19-27)36(31,32)23-4-6-25-21(18-23)8-15-34-25/h3-9,11,14-15,17-19H,1-2,10,12-13,16H2. The van der Waals surface area contributed by atoms with Crippen LogP contribution in [0.1, 0.15) is 12.8 Å². The molecule has 3 aromatic heterocycles. The van der Waals surface area contributed by atoms with Gasteiger partial charge in [-0.2, -0.15) is 4.31 Å². The molecule has 5 aromatic rings. The third-order valence-electron chi connectivity index (χ3n) is 6.08. The van der Waals surface area contributed by atoms with Gasteiger partial charge < -0.3 is 13.4 Å². The van der Waals surface area contributed by atoms with E-state index >= 15 is 0 Å². The summed E-state index contributed by atoms with van der Waals surface area (Å²) in [4.78, 5) is 4.41. The highest BCUT2D eigenvalue weighted by Gasteiger charge is 2.25. The summed E-state index contributed by atoms with van der Waals surface area (Å²) in [6.45, 7) is 0.846. The Labute approximate surface area is 208 Å². The number of unbranched alkanes of at least 4 members (excludes halogenated alkanes) is 1. The molecule has 11 heteroatoms. The highest BCUT2D eigenvalue weighted by Crippen LogP contribution is 2.24. The lowest BCUT2D eigenvalue weighted by Crippen LogP contribution is -2.35.